The topological polar surface area (TPSA) is 36.7 Å². The van der Waals surface area contributed by atoms with Gasteiger partial charge in [-0.2, -0.15) is 5.26 Å². The molecule has 0 atom stereocenters. The first-order valence-corrected chi connectivity index (χ1v) is 4.93. The van der Waals surface area contributed by atoms with Crippen molar-refractivity contribution in [3.05, 3.63) is 17.1 Å². The van der Waals surface area contributed by atoms with Crippen LogP contribution in [0.5, 0.6) is 0 Å². The normalized spacial score (nSPS) is 19.6. The highest BCUT2D eigenvalue weighted by atomic mass is 32.1. The van der Waals surface area contributed by atoms with Crippen molar-refractivity contribution in [1.82, 2.24) is 4.37 Å². The molecule has 1 aliphatic carbocycles. The fourth-order valence-electron chi connectivity index (χ4n) is 1.60. The van der Waals surface area contributed by atoms with Crippen molar-refractivity contribution in [2.45, 2.75) is 25.7 Å². The Morgan fingerprint density at radius 1 is 1.67 bits per heavy atom. The van der Waals surface area contributed by atoms with Gasteiger partial charge in [0, 0.05) is 17.5 Å². The average Bonchev–Trinajstić information content (AvgIpc) is 2.49. The van der Waals surface area contributed by atoms with Crippen LogP contribution in [0.3, 0.4) is 0 Å². The predicted molar refractivity (Wildman–Crippen MR) is 47.7 cm³/mol. The van der Waals surface area contributed by atoms with Crippen LogP contribution in [0.25, 0.3) is 0 Å². The van der Waals surface area contributed by atoms with Crippen LogP contribution in [0.4, 0.5) is 0 Å². The minimum atomic E-state index is -0.0352. The number of nitrogens with zero attached hydrogens (tertiary/aromatic N) is 2. The molecule has 0 aromatic carbocycles. The van der Waals surface area contributed by atoms with Gasteiger partial charge in [-0.1, -0.05) is 6.42 Å². The predicted octanol–water partition coefficient (Wildman–Crippen LogP) is 2.38. The van der Waals surface area contributed by atoms with E-state index in [4.69, 9.17) is 5.26 Å². The standard InChI is InChI=1S/C9H10N2S/c10-7-9(3-1-4-9)6-8-2-5-11-12-8/h2,5H,1,3-4,6H2. The molecular formula is C9H10N2S. The lowest BCUT2D eigenvalue weighted by Crippen LogP contribution is -2.29. The molecule has 1 aromatic rings. The van der Waals surface area contributed by atoms with Crippen molar-refractivity contribution >= 4 is 11.5 Å². The Labute approximate surface area is 76.0 Å². The molecule has 1 fully saturated rings. The lowest BCUT2D eigenvalue weighted by atomic mass is 9.67. The first kappa shape index (κ1) is 7.75. The van der Waals surface area contributed by atoms with Crippen molar-refractivity contribution in [1.29, 1.82) is 5.26 Å². The average molecular weight is 178 g/mol. The number of hydrogen-bond acceptors (Lipinski definition) is 3. The van der Waals surface area contributed by atoms with Gasteiger partial charge in [-0.3, -0.25) is 0 Å². The van der Waals surface area contributed by atoms with Crippen LogP contribution in [0.1, 0.15) is 24.1 Å². The third kappa shape index (κ3) is 1.23. The molecule has 62 valence electrons. The molecule has 0 bridgehead atoms. The summed E-state index contributed by atoms with van der Waals surface area (Å²) in [5.41, 5.74) is -0.0352. The van der Waals surface area contributed by atoms with E-state index < -0.39 is 0 Å². The van der Waals surface area contributed by atoms with Gasteiger partial charge >= 0.3 is 0 Å². The van der Waals surface area contributed by atoms with Crippen LogP contribution in [-0.2, 0) is 6.42 Å². The quantitative estimate of drug-likeness (QED) is 0.697. The zero-order valence-corrected chi connectivity index (χ0v) is 7.60. The van der Waals surface area contributed by atoms with E-state index in [0.717, 1.165) is 19.3 Å². The number of nitriles is 1. The van der Waals surface area contributed by atoms with E-state index in [2.05, 4.69) is 10.4 Å². The van der Waals surface area contributed by atoms with Crippen LogP contribution in [0.2, 0.25) is 0 Å². The number of aromatic nitrogens is 1. The molecule has 12 heavy (non-hydrogen) atoms. The second-order valence-corrected chi connectivity index (χ2v) is 4.32. The Balaban J connectivity index is 2.08. The highest BCUT2D eigenvalue weighted by Crippen LogP contribution is 2.43. The van der Waals surface area contributed by atoms with Crippen LogP contribution < -0.4 is 0 Å². The molecular weight excluding hydrogens is 168 g/mol. The van der Waals surface area contributed by atoms with Gasteiger partial charge in [-0.25, -0.2) is 4.37 Å². The Hall–Kier alpha value is -0.880. The van der Waals surface area contributed by atoms with Crippen molar-refractivity contribution in [3.8, 4) is 6.07 Å². The molecule has 1 heterocycles. The molecule has 0 spiro atoms. The molecule has 1 saturated carbocycles. The third-order valence-electron chi connectivity index (χ3n) is 2.55. The number of hydrogen-bond donors (Lipinski definition) is 0. The Bertz CT molecular complexity index is 293. The summed E-state index contributed by atoms with van der Waals surface area (Å²) in [7, 11) is 0. The van der Waals surface area contributed by atoms with Crippen LogP contribution >= 0.6 is 11.5 Å². The summed E-state index contributed by atoms with van der Waals surface area (Å²) < 4.78 is 4.03. The van der Waals surface area contributed by atoms with Gasteiger partial charge in [-0.05, 0) is 30.4 Å². The molecule has 0 amide bonds. The molecule has 2 nitrogen and oxygen atoms in total. The van der Waals surface area contributed by atoms with E-state index in [1.807, 2.05) is 12.3 Å². The van der Waals surface area contributed by atoms with Crippen LogP contribution in [-0.4, -0.2) is 4.37 Å². The smallest absolute Gasteiger partial charge is 0.0693 e. The third-order valence-corrected chi connectivity index (χ3v) is 3.29. The number of rotatable bonds is 2. The summed E-state index contributed by atoms with van der Waals surface area (Å²) in [6.07, 6.45) is 6.08. The maximum absolute atomic E-state index is 8.97. The van der Waals surface area contributed by atoms with Gasteiger partial charge in [0.15, 0.2) is 0 Å². The monoisotopic (exact) mass is 178 g/mol. The minimum absolute atomic E-state index is 0.0352. The SMILES string of the molecule is N#CC1(Cc2ccns2)CCC1. The van der Waals surface area contributed by atoms with Gasteiger partial charge in [-0.15, -0.1) is 0 Å². The van der Waals surface area contributed by atoms with E-state index in [0.29, 0.717) is 0 Å². The molecule has 0 saturated heterocycles. The summed E-state index contributed by atoms with van der Waals surface area (Å²) in [6, 6.07) is 4.45. The molecule has 3 heteroatoms. The molecule has 0 unspecified atom stereocenters. The largest absolute Gasteiger partial charge is 0.201 e. The second-order valence-electron chi connectivity index (χ2n) is 3.40. The molecule has 0 radical (unpaired) electrons. The van der Waals surface area contributed by atoms with E-state index in [9.17, 15) is 0 Å². The van der Waals surface area contributed by atoms with E-state index in [1.165, 1.54) is 22.8 Å². The first-order valence-electron chi connectivity index (χ1n) is 4.15. The van der Waals surface area contributed by atoms with Gasteiger partial charge in [0.1, 0.15) is 0 Å². The van der Waals surface area contributed by atoms with Crippen molar-refractivity contribution in [2.75, 3.05) is 0 Å². The zero-order valence-electron chi connectivity index (χ0n) is 6.79. The zero-order chi connectivity index (χ0) is 8.44. The molecule has 0 N–H and O–H groups in total. The highest BCUT2D eigenvalue weighted by molar-refractivity contribution is 7.05. The molecule has 0 aliphatic heterocycles. The van der Waals surface area contributed by atoms with Gasteiger partial charge in [0.25, 0.3) is 0 Å². The van der Waals surface area contributed by atoms with Crippen molar-refractivity contribution in [2.24, 2.45) is 5.41 Å². The summed E-state index contributed by atoms with van der Waals surface area (Å²) in [5, 5.41) is 8.97. The Morgan fingerprint density at radius 3 is 2.92 bits per heavy atom. The maximum Gasteiger partial charge on any atom is 0.0693 e. The molecule has 1 aromatic heterocycles. The van der Waals surface area contributed by atoms with Crippen molar-refractivity contribution in [3.63, 3.8) is 0 Å². The van der Waals surface area contributed by atoms with E-state index >= 15 is 0 Å². The fourth-order valence-corrected chi connectivity index (χ4v) is 2.32. The lowest BCUT2D eigenvalue weighted by molar-refractivity contribution is 0.215. The summed E-state index contributed by atoms with van der Waals surface area (Å²) >= 11 is 1.51. The molecule has 1 aliphatic rings. The van der Waals surface area contributed by atoms with Crippen LogP contribution in [0, 0.1) is 16.7 Å². The van der Waals surface area contributed by atoms with Gasteiger partial charge in [0.05, 0.1) is 11.5 Å². The Kier molecular flexibility index (Phi) is 1.86. The van der Waals surface area contributed by atoms with Crippen molar-refractivity contribution < 1.29 is 0 Å². The Morgan fingerprint density at radius 2 is 2.50 bits per heavy atom. The summed E-state index contributed by atoms with van der Waals surface area (Å²) in [6.45, 7) is 0. The van der Waals surface area contributed by atoms with Crippen LogP contribution in [0.15, 0.2) is 12.3 Å². The minimum Gasteiger partial charge on any atom is -0.201 e. The highest BCUT2D eigenvalue weighted by Gasteiger charge is 2.37. The van der Waals surface area contributed by atoms with Gasteiger partial charge in [0.2, 0.25) is 0 Å². The second kappa shape index (κ2) is 2.87. The summed E-state index contributed by atoms with van der Waals surface area (Å²) in [5.74, 6) is 0. The first-order chi connectivity index (χ1) is 5.85. The maximum atomic E-state index is 8.97. The summed E-state index contributed by atoms with van der Waals surface area (Å²) in [4.78, 5) is 1.25. The lowest BCUT2D eigenvalue weighted by Gasteiger charge is -2.34. The van der Waals surface area contributed by atoms with E-state index in [1.54, 1.807) is 0 Å². The fraction of sp³-hybridized carbons (Fsp3) is 0.556. The van der Waals surface area contributed by atoms with E-state index in [-0.39, 0.29) is 5.41 Å². The van der Waals surface area contributed by atoms with Gasteiger partial charge < -0.3 is 0 Å². The molecule has 2 rings (SSSR count).